The van der Waals surface area contributed by atoms with Gasteiger partial charge >= 0.3 is 0 Å². The summed E-state index contributed by atoms with van der Waals surface area (Å²) >= 11 is 0. The minimum absolute atomic E-state index is 0.281. The summed E-state index contributed by atoms with van der Waals surface area (Å²) in [6.45, 7) is 2.16. The van der Waals surface area contributed by atoms with Gasteiger partial charge in [-0.3, -0.25) is 0 Å². The molecule has 1 aliphatic heterocycles. The highest BCUT2D eigenvalue weighted by molar-refractivity contribution is 5.91. The van der Waals surface area contributed by atoms with E-state index >= 15 is 0 Å². The summed E-state index contributed by atoms with van der Waals surface area (Å²) < 4.78 is 0. The van der Waals surface area contributed by atoms with Gasteiger partial charge in [0, 0.05) is 11.6 Å². The number of nitrogens with one attached hydrogen (secondary N) is 1. The second kappa shape index (κ2) is 4.22. The van der Waals surface area contributed by atoms with E-state index < -0.39 is 0 Å². The third-order valence-corrected chi connectivity index (χ3v) is 3.41. The first-order valence-corrected chi connectivity index (χ1v) is 6.18. The highest BCUT2D eigenvalue weighted by Crippen LogP contribution is 2.32. The zero-order valence-electron chi connectivity index (χ0n) is 10.4. The zero-order chi connectivity index (χ0) is 12.5. The van der Waals surface area contributed by atoms with E-state index in [4.69, 9.17) is 5.73 Å². The second-order valence-corrected chi connectivity index (χ2v) is 4.61. The molecule has 1 unspecified atom stereocenters. The minimum atomic E-state index is 0.281. The van der Waals surface area contributed by atoms with E-state index in [9.17, 15) is 0 Å². The fraction of sp³-hybridized carbons (Fsp3) is 0.125. The summed E-state index contributed by atoms with van der Waals surface area (Å²) in [5.41, 5.74) is 11.7. The molecule has 3 N–H and O–H groups in total. The van der Waals surface area contributed by atoms with Crippen molar-refractivity contribution >= 4 is 11.4 Å². The average Bonchev–Trinajstić information content (AvgIpc) is 2.44. The van der Waals surface area contributed by atoms with Crippen molar-refractivity contribution in [2.75, 3.05) is 0 Å². The summed E-state index contributed by atoms with van der Waals surface area (Å²) in [4.78, 5) is 0. The van der Waals surface area contributed by atoms with E-state index in [-0.39, 0.29) is 6.04 Å². The lowest BCUT2D eigenvalue weighted by Gasteiger charge is -2.28. The number of nitrogens with two attached hydrogens (primary N) is 1. The molecule has 18 heavy (non-hydrogen) atoms. The van der Waals surface area contributed by atoms with Crippen molar-refractivity contribution in [1.29, 1.82) is 0 Å². The molecule has 0 aliphatic carbocycles. The van der Waals surface area contributed by atoms with Gasteiger partial charge in [0.2, 0.25) is 0 Å². The Balaban J connectivity index is 2.18. The Kier molecular flexibility index (Phi) is 2.56. The van der Waals surface area contributed by atoms with E-state index in [0.717, 1.165) is 22.5 Å². The lowest BCUT2D eigenvalue weighted by atomic mass is 9.92. The van der Waals surface area contributed by atoms with Gasteiger partial charge in [-0.1, -0.05) is 54.6 Å². The first-order chi connectivity index (χ1) is 8.77. The predicted octanol–water partition coefficient (Wildman–Crippen LogP) is 3.14. The molecule has 2 aromatic carbocycles. The maximum absolute atomic E-state index is 6.30. The van der Waals surface area contributed by atoms with Crippen LogP contribution in [0.15, 0.2) is 54.6 Å². The Morgan fingerprint density at radius 1 is 0.944 bits per heavy atom. The zero-order valence-corrected chi connectivity index (χ0v) is 10.4. The van der Waals surface area contributed by atoms with Gasteiger partial charge in [-0.25, -0.2) is 0 Å². The second-order valence-electron chi connectivity index (χ2n) is 4.61. The quantitative estimate of drug-likeness (QED) is 0.798. The maximum Gasteiger partial charge on any atom is 0.0658 e. The third kappa shape index (κ3) is 1.66. The molecular weight excluding hydrogens is 220 g/mol. The van der Waals surface area contributed by atoms with Crippen LogP contribution in [-0.2, 0) is 0 Å². The maximum atomic E-state index is 6.30. The van der Waals surface area contributed by atoms with E-state index in [1.165, 1.54) is 5.56 Å². The highest BCUT2D eigenvalue weighted by Gasteiger charge is 2.21. The van der Waals surface area contributed by atoms with Crippen molar-refractivity contribution in [3.8, 4) is 0 Å². The van der Waals surface area contributed by atoms with E-state index in [1.807, 2.05) is 24.3 Å². The van der Waals surface area contributed by atoms with Crippen molar-refractivity contribution in [2.45, 2.75) is 13.0 Å². The molecule has 1 aliphatic rings. The summed E-state index contributed by atoms with van der Waals surface area (Å²) in [6, 6.07) is 18.8. The Hall–Kier alpha value is -2.22. The molecule has 90 valence electrons. The van der Waals surface area contributed by atoms with E-state index in [2.05, 4.69) is 42.6 Å². The van der Waals surface area contributed by atoms with Crippen LogP contribution >= 0.6 is 0 Å². The van der Waals surface area contributed by atoms with E-state index in [0.29, 0.717) is 0 Å². The van der Waals surface area contributed by atoms with Gasteiger partial charge in [0.15, 0.2) is 0 Å². The van der Waals surface area contributed by atoms with Gasteiger partial charge < -0.3 is 11.1 Å². The summed E-state index contributed by atoms with van der Waals surface area (Å²) in [6.07, 6.45) is 0. The predicted molar refractivity (Wildman–Crippen MR) is 75.4 cm³/mol. The Labute approximate surface area is 107 Å². The Morgan fingerprint density at radius 2 is 1.61 bits per heavy atom. The van der Waals surface area contributed by atoms with Crippen LogP contribution in [0.1, 0.15) is 29.7 Å². The first-order valence-electron chi connectivity index (χ1n) is 6.18. The van der Waals surface area contributed by atoms with Crippen molar-refractivity contribution in [1.82, 2.24) is 5.32 Å². The van der Waals surface area contributed by atoms with Gasteiger partial charge in [0.05, 0.1) is 11.4 Å². The molecule has 0 radical (unpaired) electrons. The number of hydrogen-bond donors (Lipinski definition) is 2. The standard InChI is InChI=1S/C16H16N2/c1-11-13-9-5-6-10-14(13)15(17)16(18-11)12-7-3-2-4-8-12/h2-11,18H,17H2,1H3. The first kappa shape index (κ1) is 10.9. The van der Waals surface area contributed by atoms with Crippen LogP contribution in [0.3, 0.4) is 0 Å². The van der Waals surface area contributed by atoms with Gasteiger partial charge in [0.1, 0.15) is 0 Å². The SMILES string of the molecule is CC1NC(c2ccccc2)=C(N)c2ccccc21. The normalized spacial score (nSPS) is 18.2. The Morgan fingerprint density at radius 3 is 2.39 bits per heavy atom. The molecule has 0 saturated carbocycles. The lowest BCUT2D eigenvalue weighted by molar-refractivity contribution is 0.689. The molecule has 2 aromatic rings. The molecule has 0 saturated heterocycles. The molecule has 1 heterocycles. The molecule has 1 atom stereocenters. The van der Waals surface area contributed by atoms with E-state index in [1.54, 1.807) is 0 Å². The van der Waals surface area contributed by atoms with Crippen molar-refractivity contribution in [3.63, 3.8) is 0 Å². The average molecular weight is 236 g/mol. The molecular formula is C16H16N2. The van der Waals surface area contributed by atoms with Gasteiger partial charge in [-0.15, -0.1) is 0 Å². The fourth-order valence-electron chi connectivity index (χ4n) is 2.47. The molecule has 0 spiro atoms. The van der Waals surface area contributed by atoms with Crippen LogP contribution in [0.5, 0.6) is 0 Å². The van der Waals surface area contributed by atoms with Gasteiger partial charge in [0.25, 0.3) is 0 Å². The van der Waals surface area contributed by atoms with Crippen molar-refractivity contribution in [3.05, 3.63) is 71.3 Å². The number of rotatable bonds is 1. The fourth-order valence-corrected chi connectivity index (χ4v) is 2.47. The number of fused-ring (bicyclic) bond motifs is 1. The minimum Gasteiger partial charge on any atom is -0.397 e. The van der Waals surface area contributed by atoms with Crippen LogP contribution < -0.4 is 11.1 Å². The molecule has 0 aromatic heterocycles. The topological polar surface area (TPSA) is 38.0 Å². The van der Waals surface area contributed by atoms with Gasteiger partial charge in [-0.2, -0.15) is 0 Å². The summed E-state index contributed by atoms with van der Waals surface area (Å²) in [5, 5.41) is 3.49. The van der Waals surface area contributed by atoms with Crippen LogP contribution in [0.4, 0.5) is 0 Å². The number of benzene rings is 2. The Bertz CT molecular complexity index is 600. The van der Waals surface area contributed by atoms with Gasteiger partial charge in [-0.05, 0) is 18.1 Å². The van der Waals surface area contributed by atoms with Crippen LogP contribution in [0.25, 0.3) is 11.4 Å². The number of hydrogen-bond acceptors (Lipinski definition) is 2. The molecule has 0 fully saturated rings. The summed E-state index contributed by atoms with van der Waals surface area (Å²) in [7, 11) is 0. The molecule has 3 rings (SSSR count). The third-order valence-electron chi connectivity index (χ3n) is 3.41. The van der Waals surface area contributed by atoms with Crippen LogP contribution in [-0.4, -0.2) is 0 Å². The summed E-state index contributed by atoms with van der Waals surface area (Å²) in [5.74, 6) is 0. The molecule has 0 amide bonds. The largest absolute Gasteiger partial charge is 0.397 e. The lowest BCUT2D eigenvalue weighted by Crippen LogP contribution is -2.26. The van der Waals surface area contributed by atoms with Crippen LogP contribution in [0.2, 0.25) is 0 Å². The molecule has 0 bridgehead atoms. The van der Waals surface area contributed by atoms with Crippen molar-refractivity contribution in [2.24, 2.45) is 5.73 Å². The molecule has 2 nitrogen and oxygen atoms in total. The smallest absolute Gasteiger partial charge is 0.0658 e. The van der Waals surface area contributed by atoms with Crippen molar-refractivity contribution < 1.29 is 0 Å². The van der Waals surface area contributed by atoms with Crippen LogP contribution in [0, 0.1) is 0 Å². The highest BCUT2D eigenvalue weighted by atomic mass is 15.0. The molecule has 2 heteroatoms. The monoisotopic (exact) mass is 236 g/mol.